The van der Waals surface area contributed by atoms with E-state index in [9.17, 15) is 8.42 Å². The lowest BCUT2D eigenvalue weighted by atomic mass is 9.89. The van der Waals surface area contributed by atoms with Crippen LogP contribution >= 0.6 is 15.9 Å². The van der Waals surface area contributed by atoms with Gasteiger partial charge in [0, 0.05) is 24.6 Å². The molecule has 18 heavy (non-hydrogen) atoms. The first-order chi connectivity index (χ1) is 8.47. The summed E-state index contributed by atoms with van der Waals surface area (Å²) in [7, 11) is -1.70. The van der Waals surface area contributed by atoms with E-state index in [1.165, 1.54) is 18.9 Å². The Balaban J connectivity index is 1.93. The van der Waals surface area contributed by atoms with Gasteiger partial charge in [0.25, 0.3) is 10.0 Å². The molecular weight excluding hydrogens is 318 g/mol. The summed E-state index contributed by atoms with van der Waals surface area (Å²) in [6, 6.07) is 0. The number of rotatable bonds is 4. The molecule has 1 aliphatic rings. The Hall–Kier alpha value is -0.400. The fraction of sp³-hybridized carbons (Fsp3) is 0.727. The highest BCUT2D eigenvalue weighted by molar-refractivity contribution is 9.09. The molecule has 7 heteroatoms. The Morgan fingerprint density at radius 3 is 2.94 bits per heavy atom. The SMILES string of the molecule is Cn1cnc(S(=O)(=O)NCC2CCCC(Br)C2)c1. The number of aryl methyl sites for hydroxylation is 1. The Kier molecular flexibility index (Phi) is 4.45. The molecule has 5 nitrogen and oxygen atoms in total. The summed E-state index contributed by atoms with van der Waals surface area (Å²) in [4.78, 5) is 4.39. The van der Waals surface area contributed by atoms with Crippen molar-refractivity contribution in [2.45, 2.75) is 35.5 Å². The van der Waals surface area contributed by atoms with Gasteiger partial charge in [0.15, 0.2) is 5.03 Å². The van der Waals surface area contributed by atoms with Crippen molar-refractivity contribution in [2.75, 3.05) is 6.54 Å². The van der Waals surface area contributed by atoms with Crippen LogP contribution in [-0.4, -0.2) is 29.3 Å². The molecule has 2 unspecified atom stereocenters. The zero-order chi connectivity index (χ0) is 13.2. The molecule has 0 radical (unpaired) electrons. The second-order valence-electron chi connectivity index (χ2n) is 4.86. The molecule has 0 bridgehead atoms. The van der Waals surface area contributed by atoms with Crippen molar-refractivity contribution in [3.63, 3.8) is 0 Å². The van der Waals surface area contributed by atoms with Crippen LogP contribution in [0.1, 0.15) is 25.7 Å². The Bertz CT molecular complexity index is 500. The van der Waals surface area contributed by atoms with Crippen molar-refractivity contribution in [1.82, 2.24) is 14.3 Å². The summed E-state index contributed by atoms with van der Waals surface area (Å²) in [6.45, 7) is 0.501. The van der Waals surface area contributed by atoms with Crippen LogP contribution in [0.25, 0.3) is 0 Å². The Morgan fingerprint density at radius 2 is 2.33 bits per heavy atom. The number of hydrogen-bond acceptors (Lipinski definition) is 3. The Labute approximate surface area is 116 Å². The summed E-state index contributed by atoms with van der Waals surface area (Å²) in [5.41, 5.74) is 0. The van der Waals surface area contributed by atoms with E-state index in [0.29, 0.717) is 17.3 Å². The zero-order valence-electron chi connectivity index (χ0n) is 10.3. The molecule has 1 N–H and O–H groups in total. The number of imidazole rings is 1. The van der Waals surface area contributed by atoms with E-state index in [0.717, 1.165) is 19.3 Å². The lowest BCUT2D eigenvalue weighted by Crippen LogP contribution is -2.32. The van der Waals surface area contributed by atoms with Gasteiger partial charge < -0.3 is 4.57 Å². The van der Waals surface area contributed by atoms with E-state index >= 15 is 0 Å². The molecule has 102 valence electrons. The van der Waals surface area contributed by atoms with Crippen molar-refractivity contribution in [3.05, 3.63) is 12.5 Å². The van der Waals surface area contributed by atoms with E-state index in [4.69, 9.17) is 0 Å². The fourth-order valence-electron chi connectivity index (χ4n) is 2.24. The number of halogens is 1. The molecule has 1 heterocycles. The van der Waals surface area contributed by atoms with Crippen molar-refractivity contribution < 1.29 is 8.42 Å². The van der Waals surface area contributed by atoms with Crippen LogP contribution in [0.3, 0.4) is 0 Å². The lowest BCUT2D eigenvalue weighted by molar-refractivity contribution is 0.367. The van der Waals surface area contributed by atoms with E-state index in [2.05, 4.69) is 25.6 Å². The van der Waals surface area contributed by atoms with Gasteiger partial charge in [-0.3, -0.25) is 0 Å². The predicted molar refractivity (Wildman–Crippen MR) is 73.1 cm³/mol. The van der Waals surface area contributed by atoms with Gasteiger partial charge in [-0.2, -0.15) is 0 Å². The molecule has 0 spiro atoms. The van der Waals surface area contributed by atoms with E-state index in [-0.39, 0.29) is 5.03 Å². The normalized spacial score (nSPS) is 25.2. The first-order valence-corrected chi connectivity index (χ1v) is 8.49. The third kappa shape index (κ3) is 3.55. The zero-order valence-corrected chi connectivity index (χ0v) is 12.7. The van der Waals surface area contributed by atoms with Crippen LogP contribution in [0, 0.1) is 5.92 Å². The summed E-state index contributed by atoms with van der Waals surface area (Å²) >= 11 is 3.60. The number of sulfonamides is 1. The first-order valence-electron chi connectivity index (χ1n) is 6.09. The van der Waals surface area contributed by atoms with Gasteiger partial charge in [-0.05, 0) is 25.2 Å². The van der Waals surface area contributed by atoms with Gasteiger partial charge >= 0.3 is 0 Å². The summed E-state index contributed by atoms with van der Waals surface area (Å²) < 4.78 is 28.2. The molecule has 1 saturated carbocycles. The maximum absolute atomic E-state index is 12.0. The van der Waals surface area contributed by atoms with Crippen LogP contribution < -0.4 is 4.72 Å². The van der Waals surface area contributed by atoms with Gasteiger partial charge in [-0.15, -0.1) is 0 Å². The van der Waals surface area contributed by atoms with Crippen LogP contribution in [0.15, 0.2) is 17.6 Å². The third-order valence-corrected chi connectivity index (χ3v) is 5.38. The van der Waals surface area contributed by atoms with Gasteiger partial charge in [0.2, 0.25) is 0 Å². The molecule has 1 aliphatic carbocycles. The van der Waals surface area contributed by atoms with E-state index < -0.39 is 10.0 Å². The van der Waals surface area contributed by atoms with Crippen LogP contribution in [-0.2, 0) is 17.1 Å². The van der Waals surface area contributed by atoms with Gasteiger partial charge in [0.05, 0.1) is 6.33 Å². The van der Waals surface area contributed by atoms with Crippen LogP contribution in [0.2, 0.25) is 0 Å². The topological polar surface area (TPSA) is 64.0 Å². The number of nitrogens with one attached hydrogen (secondary N) is 1. The smallest absolute Gasteiger partial charge is 0.259 e. The molecule has 0 amide bonds. The molecule has 0 aliphatic heterocycles. The second-order valence-corrected chi connectivity index (χ2v) is 7.87. The lowest BCUT2D eigenvalue weighted by Gasteiger charge is -2.25. The maximum atomic E-state index is 12.0. The molecular formula is C11H18BrN3O2S. The predicted octanol–water partition coefficient (Wildman–Crippen LogP) is 1.65. The molecule has 2 rings (SSSR count). The van der Waals surface area contributed by atoms with Crippen molar-refractivity contribution in [1.29, 1.82) is 0 Å². The first kappa shape index (κ1) is 14.0. The number of hydrogen-bond donors (Lipinski definition) is 1. The van der Waals surface area contributed by atoms with Crippen LogP contribution in [0.4, 0.5) is 0 Å². The molecule has 0 saturated heterocycles. The fourth-order valence-corrected chi connectivity index (χ4v) is 4.19. The monoisotopic (exact) mass is 335 g/mol. The van der Waals surface area contributed by atoms with Crippen molar-refractivity contribution in [2.24, 2.45) is 13.0 Å². The highest BCUT2D eigenvalue weighted by Crippen LogP contribution is 2.28. The molecule has 1 aromatic rings. The minimum Gasteiger partial charge on any atom is -0.339 e. The van der Waals surface area contributed by atoms with E-state index in [1.807, 2.05) is 0 Å². The highest BCUT2D eigenvalue weighted by Gasteiger charge is 2.23. The molecule has 1 aromatic heterocycles. The van der Waals surface area contributed by atoms with E-state index in [1.54, 1.807) is 11.6 Å². The number of nitrogens with zero attached hydrogens (tertiary/aromatic N) is 2. The second kappa shape index (κ2) is 5.71. The van der Waals surface area contributed by atoms with Crippen molar-refractivity contribution in [3.8, 4) is 0 Å². The number of aromatic nitrogens is 2. The summed E-state index contributed by atoms with van der Waals surface area (Å²) in [5, 5.41) is 0.0937. The quantitative estimate of drug-likeness (QED) is 0.851. The summed E-state index contributed by atoms with van der Waals surface area (Å²) in [5.74, 6) is 0.418. The van der Waals surface area contributed by atoms with Gasteiger partial charge in [-0.1, -0.05) is 22.4 Å². The molecule has 0 aromatic carbocycles. The van der Waals surface area contributed by atoms with Gasteiger partial charge in [-0.25, -0.2) is 18.1 Å². The third-order valence-electron chi connectivity index (χ3n) is 3.24. The highest BCUT2D eigenvalue weighted by atomic mass is 79.9. The summed E-state index contributed by atoms with van der Waals surface area (Å²) in [6.07, 6.45) is 7.47. The van der Waals surface area contributed by atoms with Crippen molar-refractivity contribution >= 4 is 26.0 Å². The maximum Gasteiger partial charge on any atom is 0.259 e. The minimum absolute atomic E-state index is 0.0937. The average molecular weight is 336 g/mol. The standard InChI is InChI=1S/C11H18BrN3O2S/c1-15-7-11(13-8-15)18(16,17)14-6-9-3-2-4-10(12)5-9/h7-10,14H,2-6H2,1H3. The minimum atomic E-state index is -3.45. The molecule has 1 fully saturated rings. The average Bonchev–Trinajstić information content (AvgIpc) is 2.74. The molecule has 2 atom stereocenters. The van der Waals surface area contributed by atoms with Crippen LogP contribution in [0.5, 0.6) is 0 Å². The van der Waals surface area contributed by atoms with Gasteiger partial charge in [0.1, 0.15) is 0 Å². The largest absolute Gasteiger partial charge is 0.339 e. The Morgan fingerprint density at radius 1 is 1.56 bits per heavy atom. The number of alkyl halides is 1.